The number of hydrogen-bond acceptors (Lipinski definition) is 5. The Morgan fingerprint density at radius 2 is 2.00 bits per heavy atom. The van der Waals surface area contributed by atoms with Crippen LogP contribution in [0.15, 0.2) is 29.2 Å². The lowest BCUT2D eigenvalue weighted by Gasteiger charge is -2.36. The van der Waals surface area contributed by atoms with Crippen LogP contribution in [0.4, 0.5) is 5.69 Å². The van der Waals surface area contributed by atoms with Crippen LogP contribution in [0.25, 0.3) is 0 Å². The predicted molar refractivity (Wildman–Crippen MR) is 78.8 cm³/mol. The van der Waals surface area contributed by atoms with E-state index in [4.69, 9.17) is 4.55 Å². The molecule has 0 aromatic heterocycles. The molecule has 0 spiro atoms. The third-order valence-corrected chi connectivity index (χ3v) is 5.40. The van der Waals surface area contributed by atoms with Crippen molar-refractivity contribution in [3.8, 4) is 0 Å². The Bertz CT molecular complexity index is 405. The highest BCUT2D eigenvalue weighted by Gasteiger charge is 2.35. The van der Waals surface area contributed by atoms with E-state index in [1.54, 1.807) is 11.8 Å². The van der Waals surface area contributed by atoms with Gasteiger partial charge in [0.15, 0.2) is 0 Å². The van der Waals surface area contributed by atoms with Gasteiger partial charge in [0.2, 0.25) is 0 Å². The number of para-hydroxylation sites is 1. The summed E-state index contributed by atoms with van der Waals surface area (Å²) in [5.41, 5.74) is 1.47. The Kier molecular flexibility index (Phi) is 4.03. The molecule has 0 radical (unpaired) electrons. The van der Waals surface area contributed by atoms with Gasteiger partial charge in [-0.15, -0.1) is 0 Å². The van der Waals surface area contributed by atoms with Gasteiger partial charge in [0, 0.05) is 10.9 Å². The normalized spacial score (nSPS) is 24.3. The molecule has 0 saturated heterocycles. The molecule has 5 heteroatoms. The number of nitrogens with zero attached hydrogens (tertiary/aromatic N) is 1. The third kappa shape index (κ3) is 2.37. The molecule has 1 aromatic carbocycles. The zero-order valence-electron chi connectivity index (χ0n) is 10.2. The Hall–Kier alpha value is -0.360. The molecule has 98 valence electrons. The first kappa shape index (κ1) is 12.7. The van der Waals surface area contributed by atoms with Crippen LogP contribution in [0.5, 0.6) is 0 Å². The lowest BCUT2D eigenvalue weighted by Crippen LogP contribution is -2.45. The smallest absolute Gasteiger partial charge is 0.143 e. The molecule has 0 bridgehead atoms. The van der Waals surface area contributed by atoms with Crippen molar-refractivity contribution in [2.75, 3.05) is 4.90 Å². The molecule has 3 rings (SSSR count). The molecule has 1 heterocycles. The van der Waals surface area contributed by atoms with E-state index >= 15 is 0 Å². The molecular weight excluding hydrogens is 264 g/mol. The third-order valence-electron chi connectivity index (χ3n) is 3.76. The van der Waals surface area contributed by atoms with Crippen molar-refractivity contribution in [3.05, 3.63) is 24.3 Å². The van der Waals surface area contributed by atoms with Gasteiger partial charge in [-0.3, -0.25) is 0 Å². The number of rotatable bonds is 3. The van der Waals surface area contributed by atoms with Gasteiger partial charge >= 0.3 is 0 Å². The van der Waals surface area contributed by atoms with E-state index in [1.807, 2.05) is 0 Å². The lowest BCUT2D eigenvalue weighted by atomic mass is 9.94. The average molecular weight is 282 g/mol. The summed E-state index contributed by atoms with van der Waals surface area (Å²) < 4.78 is 12.2. The summed E-state index contributed by atoms with van der Waals surface area (Å²) in [5, 5.41) is 0. The Morgan fingerprint density at radius 1 is 1.22 bits per heavy atom. The highest BCUT2D eigenvalue weighted by Crippen LogP contribution is 2.45. The molecule has 3 nitrogen and oxygen atoms in total. The van der Waals surface area contributed by atoms with Crippen LogP contribution in [0, 0.1) is 0 Å². The van der Waals surface area contributed by atoms with Gasteiger partial charge in [0.1, 0.15) is 5.50 Å². The van der Waals surface area contributed by atoms with Gasteiger partial charge in [-0.1, -0.05) is 43.2 Å². The van der Waals surface area contributed by atoms with E-state index in [-0.39, 0.29) is 5.50 Å². The lowest BCUT2D eigenvalue weighted by molar-refractivity contribution is 0.408. The molecule has 18 heavy (non-hydrogen) atoms. The van der Waals surface area contributed by atoms with Crippen molar-refractivity contribution in [2.45, 2.75) is 48.5 Å². The van der Waals surface area contributed by atoms with E-state index in [1.165, 1.54) is 42.7 Å². The second kappa shape index (κ2) is 5.74. The number of fused-ring (bicyclic) bond motifs is 1. The van der Waals surface area contributed by atoms with E-state index < -0.39 is 0 Å². The Labute approximate surface area is 117 Å². The van der Waals surface area contributed by atoms with E-state index in [2.05, 4.69) is 33.9 Å². The molecule has 1 aliphatic heterocycles. The minimum atomic E-state index is 0.153. The highest BCUT2D eigenvalue weighted by molar-refractivity contribution is 8.01. The Balaban J connectivity index is 1.86. The second-order valence-corrected chi connectivity index (χ2v) is 6.39. The number of nitrogens with one attached hydrogen (secondary N) is 1. The average Bonchev–Trinajstić information content (AvgIpc) is 2.78. The van der Waals surface area contributed by atoms with Crippen LogP contribution in [0.1, 0.15) is 32.1 Å². The van der Waals surface area contributed by atoms with Gasteiger partial charge in [0.25, 0.3) is 0 Å². The van der Waals surface area contributed by atoms with Crippen LogP contribution in [0.2, 0.25) is 0 Å². The maximum Gasteiger partial charge on any atom is 0.143 e. The fourth-order valence-corrected chi connectivity index (χ4v) is 4.56. The fraction of sp³-hybridized carbons (Fsp3) is 0.538. The summed E-state index contributed by atoms with van der Waals surface area (Å²) in [6.45, 7) is 0. The molecule has 0 amide bonds. The standard InChI is InChI=1S/C13H18N2OS2/c16-18-14-13-15(10-6-2-1-3-7-10)11-8-4-5-9-12(11)17-13/h4-5,8-10,13-14,16H,1-3,6-7H2. The van der Waals surface area contributed by atoms with Crippen molar-refractivity contribution in [2.24, 2.45) is 0 Å². The second-order valence-electron chi connectivity index (χ2n) is 4.85. The maximum atomic E-state index is 9.09. The predicted octanol–water partition coefficient (Wildman–Crippen LogP) is 3.93. The number of thioether (sulfide) groups is 1. The van der Waals surface area contributed by atoms with Crippen LogP contribution >= 0.6 is 24.0 Å². The number of hydrogen-bond donors (Lipinski definition) is 2. The highest BCUT2D eigenvalue weighted by atomic mass is 32.2. The molecular formula is C13H18N2OS2. The molecule has 1 atom stereocenters. The summed E-state index contributed by atoms with van der Waals surface area (Å²) in [5.74, 6) is 0. The number of benzene rings is 1. The van der Waals surface area contributed by atoms with E-state index in [9.17, 15) is 0 Å². The summed E-state index contributed by atoms with van der Waals surface area (Å²) in [6.07, 6.45) is 6.55. The SMILES string of the molecule is OSNC1Sc2ccccc2N1C1CCCCC1. The van der Waals surface area contributed by atoms with Gasteiger partial charge in [-0.2, -0.15) is 0 Å². The first-order chi connectivity index (χ1) is 8.90. The van der Waals surface area contributed by atoms with Crippen molar-refractivity contribution in [3.63, 3.8) is 0 Å². The topological polar surface area (TPSA) is 35.5 Å². The minimum Gasteiger partial charge on any atom is -0.342 e. The van der Waals surface area contributed by atoms with E-state index in [0.29, 0.717) is 6.04 Å². The van der Waals surface area contributed by atoms with Crippen molar-refractivity contribution in [1.29, 1.82) is 0 Å². The molecule has 2 aliphatic rings. The zero-order valence-corrected chi connectivity index (χ0v) is 11.8. The minimum absolute atomic E-state index is 0.153. The van der Waals surface area contributed by atoms with Gasteiger partial charge in [-0.25, -0.2) is 4.72 Å². The monoisotopic (exact) mass is 282 g/mol. The van der Waals surface area contributed by atoms with Gasteiger partial charge in [0.05, 0.1) is 17.9 Å². The van der Waals surface area contributed by atoms with Crippen LogP contribution in [0.3, 0.4) is 0 Å². The quantitative estimate of drug-likeness (QED) is 0.649. The molecule has 1 unspecified atom stereocenters. The first-order valence-corrected chi connectivity index (χ1v) is 8.15. The number of anilines is 1. The van der Waals surface area contributed by atoms with Crippen LogP contribution < -0.4 is 9.62 Å². The van der Waals surface area contributed by atoms with Crippen molar-refractivity contribution >= 4 is 29.7 Å². The van der Waals surface area contributed by atoms with Crippen molar-refractivity contribution < 1.29 is 4.55 Å². The fourth-order valence-electron chi connectivity index (χ4n) is 2.95. The molecule has 1 fully saturated rings. The summed E-state index contributed by atoms with van der Waals surface area (Å²) in [6, 6.07) is 9.16. The Morgan fingerprint density at radius 3 is 2.78 bits per heavy atom. The molecule has 1 aliphatic carbocycles. The summed E-state index contributed by atoms with van der Waals surface area (Å²) >= 11 is 2.52. The molecule has 1 saturated carbocycles. The van der Waals surface area contributed by atoms with Crippen LogP contribution in [-0.4, -0.2) is 16.1 Å². The maximum absolute atomic E-state index is 9.09. The summed E-state index contributed by atoms with van der Waals surface area (Å²) in [4.78, 5) is 3.78. The largest absolute Gasteiger partial charge is 0.342 e. The first-order valence-electron chi connectivity index (χ1n) is 6.50. The van der Waals surface area contributed by atoms with E-state index in [0.717, 1.165) is 12.2 Å². The van der Waals surface area contributed by atoms with Crippen molar-refractivity contribution in [1.82, 2.24) is 4.72 Å². The summed E-state index contributed by atoms with van der Waals surface area (Å²) in [7, 11) is 0. The van der Waals surface area contributed by atoms with Gasteiger partial charge < -0.3 is 9.45 Å². The molecule has 1 aromatic rings. The van der Waals surface area contributed by atoms with Crippen LogP contribution in [-0.2, 0) is 0 Å². The molecule has 2 N–H and O–H groups in total. The van der Waals surface area contributed by atoms with Gasteiger partial charge in [-0.05, 0) is 25.0 Å². The zero-order chi connectivity index (χ0) is 12.4.